The van der Waals surface area contributed by atoms with Gasteiger partial charge in [0.1, 0.15) is 12.1 Å². The standard InChI is InChI=1S/C13H20N4O/c1-2-18-13-7-12(14-9-15-13)17-6-5-10-3-4-11(8-17)16-10/h7,9-11,16H,2-6,8H2,1H3. The number of nitrogens with one attached hydrogen (secondary N) is 1. The van der Waals surface area contributed by atoms with Crippen LogP contribution in [-0.2, 0) is 0 Å². The lowest BCUT2D eigenvalue weighted by molar-refractivity contribution is 0.326. The number of rotatable bonds is 3. The van der Waals surface area contributed by atoms with Crippen LogP contribution in [0.1, 0.15) is 26.2 Å². The zero-order valence-corrected chi connectivity index (χ0v) is 10.8. The fraction of sp³-hybridized carbons (Fsp3) is 0.692. The van der Waals surface area contributed by atoms with Crippen molar-refractivity contribution in [2.24, 2.45) is 0 Å². The summed E-state index contributed by atoms with van der Waals surface area (Å²) >= 11 is 0. The lowest BCUT2D eigenvalue weighted by Crippen LogP contribution is -2.35. The number of hydrogen-bond donors (Lipinski definition) is 1. The first-order valence-corrected chi connectivity index (χ1v) is 6.81. The van der Waals surface area contributed by atoms with E-state index in [9.17, 15) is 0 Å². The predicted molar refractivity (Wildman–Crippen MR) is 70.0 cm³/mol. The molecule has 1 aromatic heterocycles. The van der Waals surface area contributed by atoms with Gasteiger partial charge in [0.05, 0.1) is 6.61 Å². The van der Waals surface area contributed by atoms with Crippen molar-refractivity contribution in [2.45, 2.75) is 38.3 Å². The largest absolute Gasteiger partial charge is 0.478 e. The molecular formula is C13H20N4O. The minimum atomic E-state index is 0.614. The Morgan fingerprint density at radius 2 is 2.22 bits per heavy atom. The summed E-state index contributed by atoms with van der Waals surface area (Å²) in [6.45, 7) is 4.72. The van der Waals surface area contributed by atoms with Gasteiger partial charge in [0, 0.05) is 31.2 Å². The topological polar surface area (TPSA) is 50.3 Å². The lowest BCUT2D eigenvalue weighted by Gasteiger charge is -2.25. The predicted octanol–water partition coefficient (Wildman–Crippen LogP) is 1.21. The molecule has 0 spiro atoms. The van der Waals surface area contributed by atoms with E-state index in [1.807, 2.05) is 13.0 Å². The van der Waals surface area contributed by atoms with Crippen LogP contribution < -0.4 is 15.0 Å². The third-order valence-corrected chi connectivity index (χ3v) is 3.77. The number of aromatic nitrogens is 2. The van der Waals surface area contributed by atoms with Gasteiger partial charge < -0.3 is 15.0 Å². The van der Waals surface area contributed by atoms with E-state index in [-0.39, 0.29) is 0 Å². The number of hydrogen-bond acceptors (Lipinski definition) is 5. The summed E-state index contributed by atoms with van der Waals surface area (Å²) in [6.07, 6.45) is 5.40. The van der Waals surface area contributed by atoms with Gasteiger partial charge in [-0.1, -0.05) is 0 Å². The minimum absolute atomic E-state index is 0.614. The van der Waals surface area contributed by atoms with Crippen molar-refractivity contribution in [2.75, 3.05) is 24.6 Å². The summed E-state index contributed by atoms with van der Waals surface area (Å²) < 4.78 is 5.44. The highest BCUT2D eigenvalue weighted by Crippen LogP contribution is 2.24. The Hall–Kier alpha value is -1.36. The second kappa shape index (κ2) is 5.10. The van der Waals surface area contributed by atoms with Gasteiger partial charge in [-0.2, -0.15) is 0 Å². The summed E-state index contributed by atoms with van der Waals surface area (Å²) in [5, 5.41) is 3.68. The quantitative estimate of drug-likeness (QED) is 0.871. The first-order valence-electron chi connectivity index (χ1n) is 6.81. The fourth-order valence-electron chi connectivity index (χ4n) is 2.88. The van der Waals surface area contributed by atoms with Crippen molar-refractivity contribution in [1.82, 2.24) is 15.3 Å². The summed E-state index contributed by atoms with van der Waals surface area (Å²) in [7, 11) is 0. The first kappa shape index (κ1) is 11.7. The number of fused-ring (bicyclic) bond motifs is 2. The van der Waals surface area contributed by atoms with E-state index < -0.39 is 0 Å². The molecule has 0 aliphatic carbocycles. The van der Waals surface area contributed by atoms with Crippen LogP contribution >= 0.6 is 0 Å². The summed E-state index contributed by atoms with van der Waals surface area (Å²) in [6, 6.07) is 3.26. The Morgan fingerprint density at radius 3 is 3.11 bits per heavy atom. The summed E-state index contributed by atoms with van der Waals surface area (Å²) in [5.41, 5.74) is 0. The first-order chi connectivity index (χ1) is 8.85. The van der Waals surface area contributed by atoms with Gasteiger partial charge in [0.25, 0.3) is 0 Å². The molecule has 0 saturated carbocycles. The van der Waals surface area contributed by atoms with Gasteiger partial charge >= 0.3 is 0 Å². The third kappa shape index (κ3) is 2.41. The highest BCUT2D eigenvalue weighted by molar-refractivity contribution is 5.41. The summed E-state index contributed by atoms with van der Waals surface area (Å²) in [5.74, 6) is 1.66. The van der Waals surface area contributed by atoms with Crippen LogP contribution in [0.25, 0.3) is 0 Å². The molecule has 3 heterocycles. The molecular weight excluding hydrogens is 228 g/mol. The molecule has 0 aromatic carbocycles. The average molecular weight is 248 g/mol. The van der Waals surface area contributed by atoms with Crippen LogP contribution in [0.15, 0.2) is 12.4 Å². The zero-order chi connectivity index (χ0) is 12.4. The van der Waals surface area contributed by atoms with Crippen molar-refractivity contribution in [3.8, 4) is 5.88 Å². The van der Waals surface area contributed by atoms with Gasteiger partial charge in [0.2, 0.25) is 5.88 Å². The van der Waals surface area contributed by atoms with Crippen LogP contribution in [0, 0.1) is 0 Å². The Bertz CT molecular complexity index is 412. The second-order valence-corrected chi connectivity index (χ2v) is 5.02. The molecule has 98 valence electrons. The van der Waals surface area contributed by atoms with E-state index in [1.165, 1.54) is 19.3 Å². The summed E-state index contributed by atoms with van der Waals surface area (Å²) in [4.78, 5) is 10.8. The van der Waals surface area contributed by atoms with E-state index in [0.717, 1.165) is 18.9 Å². The monoisotopic (exact) mass is 248 g/mol. The van der Waals surface area contributed by atoms with Gasteiger partial charge in [-0.15, -0.1) is 0 Å². The lowest BCUT2D eigenvalue weighted by atomic mass is 10.1. The SMILES string of the molecule is CCOc1cc(N2CCC3CCC(C2)N3)ncn1. The molecule has 5 nitrogen and oxygen atoms in total. The van der Waals surface area contributed by atoms with E-state index >= 15 is 0 Å². The van der Waals surface area contributed by atoms with Crippen LogP contribution in [-0.4, -0.2) is 41.7 Å². The number of nitrogens with zero attached hydrogens (tertiary/aromatic N) is 3. The molecule has 5 heteroatoms. The maximum Gasteiger partial charge on any atom is 0.218 e. The van der Waals surface area contributed by atoms with Gasteiger partial charge in [-0.25, -0.2) is 9.97 Å². The molecule has 1 N–H and O–H groups in total. The number of anilines is 1. The van der Waals surface area contributed by atoms with Gasteiger partial charge in [-0.05, 0) is 26.2 Å². The van der Waals surface area contributed by atoms with Crippen molar-refractivity contribution >= 4 is 5.82 Å². The zero-order valence-electron chi connectivity index (χ0n) is 10.8. The van der Waals surface area contributed by atoms with Gasteiger partial charge in [0.15, 0.2) is 0 Å². The molecule has 2 saturated heterocycles. The highest BCUT2D eigenvalue weighted by Gasteiger charge is 2.29. The molecule has 1 aromatic rings. The Balaban J connectivity index is 1.75. The number of ether oxygens (including phenoxy) is 1. The maximum atomic E-state index is 5.44. The van der Waals surface area contributed by atoms with E-state index in [2.05, 4.69) is 20.2 Å². The highest BCUT2D eigenvalue weighted by atomic mass is 16.5. The molecule has 2 aliphatic heterocycles. The van der Waals surface area contributed by atoms with Crippen molar-refractivity contribution in [1.29, 1.82) is 0 Å². The van der Waals surface area contributed by atoms with Crippen LogP contribution in [0.3, 0.4) is 0 Å². The van der Waals surface area contributed by atoms with E-state index in [0.29, 0.717) is 24.6 Å². The van der Waals surface area contributed by atoms with Crippen LogP contribution in [0.2, 0.25) is 0 Å². The fourth-order valence-corrected chi connectivity index (χ4v) is 2.88. The van der Waals surface area contributed by atoms with E-state index in [1.54, 1.807) is 6.33 Å². The Labute approximate surface area is 108 Å². The molecule has 0 amide bonds. The molecule has 3 rings (SSSR count). The average Bonchev–Trinajstić information content (AvgIpc) is 2.70. The molecule has 0 radical (unpaired) electrons. The van der Waals surface area contributed by atoms with Crippen molar-refractivity contribution < 1.29 is 4.74 Å². The Morgan fingerprint density at radius 1 is 1.33 bits per heavy atom. The van der Waals surface area contributed by atoms with Crippen LogP contribution in [0.5, 0.6) is 5.88 Å². The second-order valence-electron chi connectivity index (χ2n) is 5.02. The molecule has 2 fully saturated rings. The molecule has 2 atom stereocenters. The molecule has 18 heavy (non-hydrogen) atoms. The molecule has 2 bridgehead atoms. The Kier molecular flexibility index (Phi) is 3.32. The van der Waals surface area contributed by atoms with Crippen molar-refractivity contribution in [3.05, 3.63) is 12.4 Å². The van der Waals surface area contributed by atoms with Gasteiger partial charge in [-0.3, -0.25) is 0 Å². The maximum absolute atomic E-state index is 5.44. The van der Waals surface area contributed by atoms with Crippen LogP contribution in [0.4, 0.5) is 5.82 Å². The minimum Gasteiger partial charge on any atom is -0.478 e. The van der Waals surface area contributed by atoms with E-state index in [4.69, 9.17) is 4.74 Å². The smallest absolute Gasteiger partial charge is 0.218 e. The molecule has 2 aliphatic rings. The van der Waals surface area contributed by atoms with Crippen molar-refractivity contribution in [3.63, 3.8) is 0 Å². The molecule has 2 unspecified atom stereocenters. The third-order valence-electron chi connectivity index (χ3n) is 3.77. The normalized spacial score (nSPS) is 27.1.